The predicted octanol–water partition coefficient (Wildman–Crippen LogP) is 0.374. The second kappa shape index (κ2) is 6.49. The van der Waals surface area contributed by atoms with E-state index in [0.717, 1.165) is 25.5 Å². The summed E-state index contributed by atoms with van der Waals surface area (Å²) in [5, 5.41) is 22.9. The summed E-state index contributed by atoms with van der Waals surface area (Å²) in [6.07, 6.45) is 2.02. The van der Waals surface area contributed by atoms with E-state index in [2.05, 4.69) is 5.32 Å². The van der Waals surface area contributed by atoms with Gasteiger partial charge in [0.1, 0.15) is 4.92 Å². The van der Waals surface area contributed by atoms with Crippen LogP contribution in [0.4, 0.5) is 5.88 Å². The number of aliphatic hydroxyl groups excluding tert-OH is 1. The van der Waals surface area contributed by atoms with E-state index < -0.39 is 16.7 Å². The summed E-state index contributed by atoms with van der Waals surface area (Å²) in [7, 11) is 0. The van der Waals surface area contributed by atoms with Crippen LogP contribution in [0.5, 0.6) is 0 Å². The molecule has 1 aromatic heterocycles. The number of nitrogens with zero attached hydrogens (tertiary/aromatic N) is 2. The lowest BCUT2D eigenvalue weighted by atomic mass is 10.2. The number of rotatable bonds is 6. The van der Waals surface area contributed by atoms with Crippen LogP contribution in [0.15, 0.2) is 16.5 Å². The van der Waals surface area contributed by atoms with E-state index in [1.807, 2.05) is 0 Å². The van der Waals surface area contributed by atoms with E-state index in [0.29, 0.717) is 6.54 Å². The zero-order chi connectivity index (χ0) is 14.5. The van der Waals surface area contributed by atoms with Crippen LogP contribution >= 0.6 is 0 Å². The summed E-state index contributed by atoms with van der Waals surface area (Å²) in [6, 6.07) is 2.63. The average Bonchev–Trinajstić information content (AvgIpc) is 3.08. The summed E-state index contributed by atoms with van der Waals surface area (Å²) in [4.78, 5) is 23.5. The molecule has 0 radical (unpaired) electrons. The Morgan fingerprint density at radius 2 is 2.40 bits per heavy atom. The van der Waals surface area contributed by atoms with Crippen LogP contribution < -0.4 is 5.32 Å². The summed E-state index contributed by atoms with van der Waals surface area (Å²) in [5.41, 5.74) is 0. The number of aliphatic hydroxyl groups is 1. The van der Waals surface area contributed by atoms with Gasteiger partial charge in [-0.05, 0) is 25.5 Å². The molecule has 0 aliphatic carbocycles. The Hall–Kier alpha value is -1.93. The highest BCUT2D eigenvalue weighted by Gasteiger charge is 2.25. The van der Waals surface area contributed by atoms with Gasteiger partial charge in [0.05, 0.1) is 12.7 Å². The lowest BCUT2D eigenvalue weighted by molar-refractivity contribution is -0.402. The molecule has 1 amide bonds. The SMILES string of the molecule is O=C(c1ccc([N+](=O)[O-])o1)N(CCO)CC1CCCN1. The molecule has 8 heteroatoms. The molecule has 1 atom stereocenters. The number of nitrogens with one attached hydrogen (secondary N) is 1. The van der Waals surface area contributed by atoms with Crippen LogP contribution in [-0.4, -0.2) is 53.1 Å². The largest absolute Gasteiger partial charge is 0.433 e. The molecule has 1 aromatic rings. The van der Waals surface area contributed by atoms with Gasteiger partial charge in [-0.15, -0.1) is 0 Å². The Morgan fingerprint density at radius 3 is 2.95 bits per heavy atom. The first-order chi connectivity index (χ1) is 9.61. The van der Waals surface area contributed by atoms with Gasteiger partial charge in [-0.3, -0.25) is 14.9 Å². The van der Waals surface area contributed by atoms with Crippen LogP contribution in [0, 0.1) is 10.1 Å². The van der Waals surface area contributed by atoms with Crippen molar-refractivity contribution in [2.24, 2.45) is 0 Å². The molecule has 2 heterocycles. The van der Waals surface area contributed by atoms with Gasteiger partial charge in [0.15, 0.2) is 5.76 Å². The van der Waals surface area contributed by atoms with Gasteiger partial charge in [0.25, 0.3) is 5.91 Å². The Balaban J connectivity index is 2.06. The van der Waals surface area contributed by atoms with Crippen molar-refractivity contribution >= 4 is 11.8 Å². The molecule has 0 saturated carbocycles. The van der Waals surface area contributed by atoms with Crippen molar-refractivity contribution in [2.45, 2.75) is 18.9 Å². The van der Waals surface area contributed by atoms with Gasteiger partial charge in [0.2, 0.25) is 0 Å². The molecule has 1 saturated heterocycles. The van der Waals surface area contributed by atoms with E-state index in [4.69, 9.17) is 9.52 Å². The van der Waals surface area contributed by atoms with Crippen molar-refractivity contribution in [3.8, 4) is 0 Å². The number of nitro groups is 1. The summed E-state index contributed by atoms with van der Waals surface area (Å²) in [6.45, 7) is 1.37. The average molecular weight is 283 g/mol. The van der Waals surface area contributed by atoms with Gasteiger partial charge in [-0.25, -0.2) is 0 Å². The number of furan rings is 1. The Labute approximate surface area is 115 Å². The molecule has 1 fully saturated rings. The smallest absolute Gasteiger partial charge is 0.395 e. The van der Waals surface area contributed by atoms with Crippen molar-refractivity contribution in [1.82, 2.24) is 10.2 Å². The van der Waals surface area contributed by atoms with E-state index in [1.54, 1.807) is 0 Å². The molecule has 1 unspecified atom stereocenters. The molecular formula is C12H17N3O5. The molecule has 2 N–H and O–H groups in total. The lowest BCUT2D eigenvalue weighted by Crippen LogP contribution is -2.42. The zero-order valence-electron chi connectivity index (χ0n) is 10.9. The van der Waals surface area contributed by atoms with Crippen molar-refractivity contribution in [3.05, 3.63) is 28.0 Å². The van der Waals surface area contributed by atoms with Gasteiger partial charge in [-0.2, -0.15) is 0 Å². The molecule has 1 aliphatic heterocycles. The minimum Gasteiger partial charge on any atom is -0.395 e. The van der Waals surface area contributed by atoms with Crippen LogP contribution in [0.25, 0.3) is 0 Å². The molecule has 110 valence electrons. The summed E-state index contributed by atoms with van der Waals surface area (Å²) in [5.74, 6) is -0.986. The second-order valence-electron chi connectivity index (χ2n) is 4.66. The van der Waals surface area contributed by atoms with Gasteiger partial charge >= 0.3 is 5.88 Å². The summed E-state index contributed by atoms with van der Waals surface area (Å²) < 4.78 is 4.91. The maximum absolute atomic E-state index is 12.2. The number of carbonyl (C=O) groups is 1. The third-order valence-corrected chi connectivity index (χ3v) is 3.24. The quantitative estimate of drug-likeness (QED) is 0.577. The van der Waals surface area contributed by atoms with Crippen molar-refractivity contribution in [1.29, 1.82) is 0 Å². The first kappa shape index (κ1) is 14.5. The molecule has 8 nitrogen and oxygen atoms in total. The molecule has 0 aromatic carbocycles. The molecule has 2 rings (SSSR count). The van der Waals surface area contributed by atoms with Crippen LogP contribution in [0.1, 0.15) is 23.4 Å². The highest BCUT2D eigenvalue weighted by Crippen LogP contribution is 2.18. The molecule has 20 heavy (non-hydrogen) atoms. The van der Waals surface area contributed by atoms with Gasteiger partial charge in [-0.1, -0.05) is 0 Å². The Kier molecular flexibility index (Phi) is 4.70. The normalized spacial score (nSPS) is 18.1. The van der Waals surface area contributed by atoms with E-state index in [1.165, 1.54) is 11.0 Å². The van der Waals surface area contributed by atoms with E-state index >= 15 is 0 Å². The van der Waals surface area contributed by atoms with E-state index in [9.17, 15) is 14.9 Å². The van der Waals surface area contributed by atoms with Crippen LogP contribution in [0.3, 0.4) is 0 Å². The van der Waals surface area contributed by atoms with E-state index in [-0.39, 0.29) is 25.0 Å². The molecular weight excluding hydrogens is 266 g/mol. The third-order valence-electron chi connectivity index (χ3n) is 3.24. The fraction of sp³-hybridized carbons (Fsp3) is 0.583. The fourth-order valence-corrected chi connectivity index (χ4v) is 2.27. The first-order valence-electron chi connectivity index (χ1n) is 6.49. The summed E-state index contributed by atoms with van der Waals surface area (Å²) >= 11 is 0. The fourth-order valence-electron chi connectivity index (χ4n) is 2.27. The minimum absolute atomic E-state index is 0.0804. The zero-order valence-corrected chi connectivity index (χ0v) is 10.9. The van der Waals surface area contributed by atoms with Crippen molar-refractivity contribution in [2.75, 3.05) is 26.2 Å². The maximum Gasteiger partial charge on any atom is 0.433 e. The highest BCUT2D eigenvalue weighted by atomic mass is 16.6. The number of carbonyl (C=O) groups excluding carboxylic acids is 1. The van der Waals surface area contributed by atoms with Crippen LogP contribution in [0.2, 0.25) is 0 Å². The Bertz CT molecular complexity index is 481. The monoisotopic (exact) mass is 283 g/mol. The number of amides is 1. The number of hydrogen-bond donors (Lipinski definition) is 2. The van der Waals surface area contributed by atoms with Crippen molar-refractivity contribution < 1.29 is 19.2 Å². The second-order valence-corrected chi connectivity index (χ2v) is 4.66. The number of hydrogen-bond acceptors (Lipinski definition) is 6. The van der Waals surface area contributed by atoms with Gasteiger partial charge in [0, 0.05) is 19.1 Å². The lowest BCUT2D eigenvalue weighted by Gasteiger charge is -2.24. The first-order valence-corrected chi connectivity index (χ1v) is 6.49. The molecule has 1 aliphatic rings. The maximum atomic E-state index is 12.2. The molecule has 0 bridgehead atoms. The predicted molar refractivity (Wildman–Crippen MR) is 69.4 cm³/mol. The standard InChI is InChI=1S/C12H17N3O5/c16-7-6-14(8-9-2-1-5-13-9)12(17)10-3-4-11(20-10)15(18)19/h3-4,9,13,16H,1-2,5-8H2. The Morgan fingerprint density at radius 1 is 1.60 bits per heavy atom. The minimum atomic E-state index is -0.689. The van der Waals surface area contributed by atoms with Gasteiger partial charge < -0.3 is 19.7 Å². The van der Waals surface area contributed by atoms with Crippen LogP contribution in [-0.2, 0) is 0 Å². The third kappa shape index (κ3) is 3.34. The molecule has 0 spiro atoms. The highest BCUT2D eigenvalue weighted by molar-refractivity contribution is 5.91. The van der Waals surface area contributed by atoms with Crippen molar-refractivity contribution in [3.63, 3.8) is 0 Å². The topological polar surface area (TPSA) is 109 Å².